The summed E-state index contributed by atoms with van der Waals surface area (Å²) in [7, 11) is 0. The van der Waals surface area contributed by atoms with Gasteiger partial charge in [-0.05, 0) is 70.1 Å². The van der Waals surface area contributed by atoms with Gasteiger partial charge in [-0.15, -0.1) is 0 Å². The van der Waals surface area contributed by atoms with Crippen molar-refractivity contribution in [2.75, 3.05) is 0 Å². The van der Waals surface area contributed by atoms with E-state index in [0.717, 1.165) is 13.6 Å². The molecule has 19 heavy (non-hydrogen) atoms. The molecule has 0 spiro atoms. The lowest BCUT2D eigenvalue weighted by atomic mass is 9.99. The maximum Gasteiger partial charge on any atom is 0.123 e. The van der Waals surface area contributed by atoms with Crippen molar-refractivity contribution in [2.45, 2.75) is 6.04 Å². The average molecular weight is 455 g/mol. The first-order chi connectivity index (χ1) is 9.02. The predicted molar refractivity (Wildman–Crippen MR) is 87.4 cm³/mol. The van der Waals surface area contributed by atoms with Crippen LogP contribution >= 0.6 is 50.1 Å². The molecule has 100 valence electrons. The molecule has 0 aromatic heterocycles. The van der Waals surface area contributed by atoms with Crippen molar-refractivity contribution in [1.29, 1.82) is 0 Å². The molecule has 0 bridgehead atoms. The monoisotopic (exact) mass is 454 g/mol. The Hall–Kier alpha value is -0.210. The molecule has 0 radical (unpaired) electrons. The van der Waals surface area contributed by atoms with Gasteiger partial charge in [0.25, 0.3) is 0 Å². The largest absolute Gasteiger partial charge is 0.271 e. The molecule has 1 unspecified atom stereocenters. The highest BCUT2D eigenvalue weighted by Gasteiger charge is 2.19. The maximum absolute atomic E-state index is 13.4. The standard InChI is InChI=1S/C13H10BrClFIN2/c14-11-3-2-8(17)6-9(11)13(19-18)10-5-7(16)1-4-12(10)15/h1-6,13,19H,18H2. The summed E-state index contributed by atoms with van der Waals surface area (Å²) in [6.07, 6.45) is 0. The lowest BCUT2D eigenvalue weighted by molar-refractivity contribution is 0.604. The van der Waals surface area contributed by atoms with Crippen molar-refractivity contribution in [3.63, 3.8) is 0 Å². The Morgan fingerprint density at radius 1 is 1.21 bits per heavy atom. The highest BCUT2D eigenvalue weighted by atomic mass is 127. The minimum atomic E-state index is -0.382. The summed E-state index contributed by atoms with van der Waals surface area (Å²) in [5, 5.41) is 0.468. The lowest BCUT2D eigenvalue weighted by Crippen LogP contribution is -2.29. The van der Waals surface area contributed by atoms with Crippen molar-refractivity contribution in [1.82, 2.24) is 5.43 Å². The van der Waals surface area contributed by atoms with E-state index in [1.165, 1.54) is 18.2 Å². The smallest absolute Gasteiger partial charge is 0.123 e. The van der Waals surface area contributed by atoms with E-state index in [4.69, 9.17) is 17.4 Å². The molecule has 2 rings (SSSR count). The molecule has 0 saturated heterocycles. The van der Waals surface area contributed by atoms with Gasteiger partial charge in [0.2, 0.25) is 0 Å². The molecule has 6 heteroatoms. The molecular weight excluding hydrogens is 445 g/mol. The van der Waals surface area contributed by atoms with Crippen molar-refractivity contribution < 1.29 is 4.39 Å². The fourth-order valence-electron chi connectivity index (χ4n) is 1.82. The molecule has 0 aliphatic carbocycles. The topological polar surface area (TPSA) is 38.0 Å². The molecule has 0 aliphatic heterocycles. The molecule has 0 amide bonds. The van der Waals surface area contributed by atoms with Crippen molar-refractivity contribution >= 4 is 50.1 Å². The maximum atomic E-state index is 13.4. The second-order valence-electron chi connectivity index (χ2n) is 3.93. The quantitative estimate of drug-likeness (QED) is 0.409. The molecule has 1 atom stereocenters. The summed E-state index contributed by atoms with van der Waals surface area (Å²) >= 11 is 11.8. The van der Waals surface area contributed by atoms with Gasteiger partial charge in [-0.3, -0.25) is 5.84 Å². The zero-order chi connectivity index (χ0) is 14.0. The molecule has 2 aromatic carbocycles. The van der Waals surface area contributed by atoms with Crippen LogP contribution in [0.25, 0.3) is 0 Å². The number of nitrogens with two attached hydrogens (primary N) is 1. The molecular formula is C13H10BrClFIN2. The minimum Gasteiger partial charge on any atom is -0.271 e. The number of halogens is 4. The first-order valence-electron chi connectivity index (χ1n) is 5.39. The van der Waals surface area contributed by atoms with Crippen LogP contribution < -0.4 is 11.3 Å². The lowest BCUT2D eigenvalue weighted by Gasteiger charge is -2.20. The van der Waals surface area contributed by atoms with E-state index < -0.39 is 0 Å². The van der Waals surface area contributed by atoms with Gasteiger partial charge < -0.3 is 0 Å². The van der Waals surface area contributed by atoms with Gasteiger partial charge in [0.05, 0.1) is 6.04 Å². The Morgan fingerprint density at radius 2 is 1.95 bits per heavy atom. The van der Waals surface area contributed by atoms with Crippen LogP contribution in [0, 0.1) is 9.39 Å². The number of hydrogen-bond acceptors (Lipinski definition) is 2. The summed E-state index contributed by atoms with van der Waals surface area (Å²) in [4.78, 5) is 0. The summed E-state index contributed by atoms with van der Waals surface area (Å²) in [6, 6.07) is 9.72. The van der Waals surface area contributed by atoms with E-state index in [1.54, 1.807) is 0 Å². The SMILES string of the molecule is NNC(c1cc(F)ccc1Cl)c1cc(I)ccc1Br. The van der Waals surface area contributed by atoms with E-state index in [2.05, 4.69) is 43.9 Å². The van der Waals surface area contributed by atoms with Gasteiger partial charge in [0.1, 0.15) is 5.82 Å². The molecule has 2 nitrogen and oxygen atoms in total. The van der Waals surface area contributed by atoms with Crippen molar-refractivity contribution in [3.05, 3.63) is 66.4 Å². The van der Waals surface area contributed by atoms with Crippen LogP contribution in [0.4, 0.5) is 4.39 Å². The van der Waals surface area contributed by atoms with Crippen LogP contribution in [0.5, 0.6) is 0 Å². The van der Waals surface area contributed by atoms with E-state index in [0.29, 0.717) is 10.6 Å². The van der Waals surface area contributed by atoms with Crippen molar-refractivity contribution in [3.8, 4) is 0 Å². The first kappa shape index (κ1) is 15.2. The second-order valence-corrected chi connectivity index (χ2v) is 6.44. The Bertz CT molecular complexity index is 558. The second kappa shape index (κ2) is 6.49. The zero-order valence-electron chi connectivity index (χ0n) is 9.63. The van der Waals surface area contributed by atoms with Crippen LogP contribution in [0.3, 0.4) is 0 Å². The number of rotatable bonds is 3. The van der Waals surface area contributed by atoms with E-state index in [-0.39, 0.29) is 11.9 Å². The van der Waals surface area contributed by atoms with Gasteiger partial charge in [-0.25, -0.2) is 9.82 Å². The van der Waals surface area contributed by atoms with Crippen LogP contribution in [0.1, 0.15) is 17.2 Å². The van der Waals surface area contributed by atoms with E-state index in [1.807, 2.05) is 18.2 Å². The van der Waals surface area contributed by atoms with Crippen LogP contribution in [0.2, 0.25) is 5.02 Å². The summed E-state index contributed by atoms with van der Waals surface area (Å²) in [5.41, 5.74) is 4.19. The predicted octanol–water partition coefficient (Wildman–Crippen LogP) is 4.40. The van der Waals surface area contributed by atoms with Crippen LogP contribution in [-0.2, 0) is 0 Å². The molecule has 0 fully saturated rings. The van der Waals surface area contributed by atoms with Crippen molar-refractivity contribution in [2.24, 2.45) is 5.84 Å². The third-order valence-corrected chi connectivity index (χ3v) is 4.44. The number of benzene rings is 2. The van der Waals surface area contributed by atoms with Gasteiger partial charge in [0, 0.05) is 13.1 Å². The highest BCUT2D eigenvalue weighted by molar-refractivity contribution is 14.1. The average Bonchev–Trinajstić information content (AvgIpc) is 2.38. The molecule has 0 heterocycles. The highest BCUT2D eigenvalue weighted by Crippen LogP contribution is 2.33. The normalized spacial score (nSPS) is 12.5. The zero-order valence-corrected chi connectivity index (χ0v) is 14.1. The third-order valence-electron chi connectivity index (χ3n) is 2.70. The molecule has 0 aliphatic rings. The number of nitrogens with one attached hydrogen (secondary N) is 1. The molecule has 0 saturated carbocycles. The number of hydrogen-bond donors (Lipinski definition) is 2. The molecule has 3 N–H and O–H groups in total. The minimum absolute atomic E-state index is 0.346. The van der Waals surface area contributed by atoms with Gasteiger partial charge in [0.15, 0.2) is 0 Å². The summed E-state index contributed by atoms with van der Waals surface area (Å²) < 4.78 is 15.3. The van der Waals surface area contributed by atoms with Gasteiger partial charge in [-0.2, -0.15) is 0 Å². The first-order valence-corrected chi connectivity index (χ1v) is 7.64. The summed E-state index contributed by atoms with van der Waals surface area (Å²) in [6.45, 7) is 0. The fourth-order valence-corrected chi connectivity index (χ4v) is 3.04. The van der Waals surface area contributed by atoms with E-state index in [9.17, 15) is 4.39 Å². The van der Waals surface area contributed by atoms with Crippen LogP contribution in [0.15, 0.2) is 40.9 Å². The van der Waals surface area contributed by atoms with Gasteiger partial charge in [-0.1, -0.05) is 27.5 Å². The summed E-state index contributed by atoms with van der Waals surface area (Å²) in [5.74, 6) is 5.27. The Kier molecular flexibility index (Phi) is 5.19. The Balaban J connectivity index is 2.55. The Morgan fingerprint density at radius 3 is 2.63 bits per heavy atom. The Labute approximate surface area is 137 Å². The van der Waals surface area contributed by atoms with Crippen LogP contribution in [-0.4, -0.2) is 0 Å². The fraction of sp³-hybridized carbons (Fsp3) is 0.0769. The van der Waals surface area contributed by atoms with E-state index >= 15 is 0 Å². The van der Waals surface area contributed by atoms with Gasteiger partial charge >= 0.3 is 0 Å². The molecule has 2 aromatic rings. The number of hydrazine groups is 1. The third kappa shape index (κ3) is 3.46.